The molecule has 0 saturated heterocycles. The van der Waals surface area contributed by atoms with E-state index in [4.69, 9.17) is 19.6 Å². The molecule has 2 aromatic heterocycles. The number of hydrogen-bond acceptors (Lipinski definition) is 5. The van der Waals surface area contributed by atoms with Crippen molar-refractivity contribution in [2.75, 3.05) is 14.2 Å². The number of carboxylic acids is 1. The van der Waals surface area contributed by atoms with Gasteiger partial charge < -0.3 is 19.1 Å². The maximum absolute atomic E-state index is 11.8. The molecule has 4 aromatic carbocycles. The first kappa shape index (κ1) is 26.8. The maximum atomic E-state index is 11.8. The largest absolute Gasteiger partial charge is 0.493 e. The molecule has 6 aromatic rings. The lowest BCUT2D eigenvalue weighted by molar-refractivity contribution is -0.136. The summed E-state index contributed by atoms with van der Waals surface area (Å²) in [7, 11) is 3.14. The Balaban J connectivity index is 1.64. The Labute approximate surface area is 243 Å². The van der Waals surface area contributed by atoms with Gasteiger partial charge in [0.05, 0.1) is 44.4 Å². The van der Waals surface area contributed by atoms with Crippen LogP contribution in [0.3, 0.4) is 0 Å². The summed E-state index contributed by atoms with van der Waals surface area (Å²) in [6.45, 7) is 1.88. The molecule has 0 amide bonds. The van der Waals surface area contributed by atoms with Crippen LogP contribution in [0.1, 0.15) is 27.9 Å². The summed E-state index contributed by atoms with van der Waals surface area (Å²) >= 11 is 0. The van der Waals surface area contributed by atoms with Gasteiger partial charge in [-0.25, -0.2) is 9.67 Å². The first-order valence-electron chi connectivity index (χ1n) is 13.6. The number of fused-ring (bicyclic) bond motifs is 1. The number of methoxy groups -OCH3 is 2. The van der Waals surface area contributed by atoms with Crippen LogP contribution in [0, 0.1) is 6.92 Å². The SMILES string of the molecule is COc1cc2c(c(CC(=O)O)nn2-c2cn(C(c3ccccc3)(c3ccccc3)c3ccccc3)cn2)c(C)c1OC. The van der Waals surface area contributed by atoms with Crippen LogP contribution < -0.4 is 9.47 Å². The predicted octanol–water partition coefficient (Wildman–Crippen LogP) is 6.01. The minimum Gasteiger partial charge on any atom is -0.493 e. The molecule has 0 radical (unpaired) electrons. The highest BCUT2D eigenvalue weighted by atomic mass is 16.5. The van der Waals surface area contributed by atoms with Crippen molar-refractivity contribution in [1.82, 2.24) is 19.3 Å². The third kappa shape index (κ3) is 4.28. The molecule has 8 heteroatoms. The van der Waals surface area contributed by atoms with Gasteiger partial charge in [0.1, 0.15) is 5.54 Å². The molecule has 8 nitrogen and oxygen atoms in total. The van der Waals surface area contributed by atoms with E-state index >= 15 is 0 Å². The maximum Gasteiger partial charge on any atom is 0.309 e. The Bertz CT molecular complexity index is 1770. The molecule has 42 heavy (non-hydrogen) atoms. The highest BCUT2D eigenvalue weighted by Crippen LogP contribution is 2.42. The Kier molecular flexibility index (Phi) is 6.96. The number of imidazole rings is 1. The van der Waals surface area contributed by atoms with Gasteiger partial charge in [0, 0.05) is 17.0 Å². The molecule has 1 N–H and O–H groups in total. The van der Waals surface area contributed by atoms with E-state index in [1.165, 1.54) is 0 Å². The average Bonchev–Trinajstić information content (AvgIpc) is 3.64. The van der Waals surface area contributed by atoms with Crippen LogP contribution in [0.25, 0.3) is 16.7 Å². The van der Waals surface area contributed by atoms with Crippen LogP contribution in [-0.2, 0) is 16.8 Å². The molecule has 0 aliphatic carbocycles. The number of aromatic nitrogens is 4. The van der Waals surface area contributed by atoms with Gasteiger partial charge in [0.2, 0.25) is 0 Å². The van der Waals surface area contributed by atoms with Crippen LogP contribution in [0.4, 0.5) is 0 Å². The summed E-state index contributed by atoms with van der Waals surface area (Å²) in [5, 5.41) is 15.2. The zero-order valence-electron chi connectivity index (χ0n) is 23.6. The Morgan fingerprint density at radius 3 is 1.88 bits per heavy atom. The third-order valence-electron chi connectivity index (χ3n) is 7.69. The van der Waals surface area contributed by atoms with Crippen molar-refractivity contribution in [3.63, 3.8) is 0 Å². The topological polar surface area (TPSA) is 91.4 Å². The summed E-state index contributed by atoms with van der Waals surface area (Å²) < 4.78 is 15.0. The number of carbonyl (C=O) groups is 1. The second-order valence-corrected chi connectivity index (χ2v) is 10.0. The number of carboxylic acid groups (broad SMARTS) is 1. The van der Waals surface area contributed by atoms with E-state index in [1.54, 1.807) is 25.2 Å². The van der Waals surface area contributed by atoms with E-state index in [0.29, 0.717) is 33.9 Å². The van der Waals surface area contributed by atoms with Crippen molar-refractivity contribution in [1.29, 1.82) is 0 Å². The monoisotopic (exact) mass is 558 g/mol. The highest BCUT2D eigenvalue weighted by molar-refractivity contribution is 5.92. The molecule has 2 heterocycles. The summed E-state index contributed by atoms with van der Waals surface area (Å²) in [6, 6.07) is 32.8. The molecule has 0 aliphatic rings. The molecule has 0 aliphatic heterocycles. The Morgan fingerprint density at radius 1 is 0.857 bits per heavy atom. The zero-order chi connectivity index (χ0) is 29.3. The predicted molar refractivity (Wildman–Crippen MR) is 161 cm³/mol. The lowest BCUT2D eigenvalue weighted by Gasteiger charge is -2.37. The number of aryl methyl sites for hydroxylation is 1. The van der Waals surface area contributed by atoms with Crippen molar-refractivity contribution in [2.45, 2.75) is 18.9 Å². The third-order valence-corrected chi connectivity index (χ3v) is 7.69. The van der Waals surface area contributed by atoms with Crippen LogP contribution in [0.2, 0.25) is 0 Å². The molecule has 0 spiro atoms. The summed E-state index contributed by atoms with van der Waals surface area (Å²) in [5.74, 6) is 0.628. The number of aliphatic carboxylic acids is 1. The van der Waals surface area contributed by atoms with Crippen molar-refractivity contribution in [3.05, 3.63) is 138 Å². The number of rotatable bonds is 9. The van der Waals surface area contributed by atoms with Gasteiger partial charge in [0.15, 0.2) is 17.3 Å². The first-order valence-corrected chi connectivity index (χ1v) is 13.6. The van der Waals surface area contributed by atoms with Crippen molar-refractivity contribution < 1.29 is 19.4 Å². The summed E-state index contributed by atoms with van der Waals surface area (Å²) in [5.41, 5.74) is 4.28. The summed E-state index contributed by atoms with van der Waals surface area (Å²) in [4.78, 5) is 16.7. The molecular formula is C34H30N4O4. The van der Waals surface area contributed by atoms with Crippen LogP contribution >= 0.6 is 0 Å². The van der Waals surface area contributed by atoms with E-state index in [0.717, 1.165) is 22.3 Å². The van der Waals surface area contributed by atoms with E-state index in [1.807, 2.05) is 73.8 Å². The van der Waals surface area contributed by atoms with E-state index in [-0.39, 0.29) is 6.42 Å². The fraction of sp³-hybridized carbons (Fsp3) is 0.147. The lowest BCUT2D eigenvalue weighted by Crippen LogP contribution is -2.36. The average molecular weight is 559 g/mol. The minimum atomic E-state index is -0.975. The molecule has 0 unspecified atom stereocenters. The quantitative estimate of drug-likeness (QED) is 0.219. The van der Waals surface area contributed by atoms with Crippen molar-refractivity contribution in [3.8, 4) is 17.3 Å². The van der Waals surface area contributed by atoms with Gasteiger partial charge in [-0.1, -0.05) is 91.0 Å². The van der Waals surface area contributed by atoms with E-state index in [2.05, 4.69) is 41.0 Å². The highest BCUT2D eigenvalue weighted by Gasteiger charge is 2.38. The van der Waals surface area contributed by atoms with E-state index in [9.17, 15) is 9.90 Å². The van der Waals surface area contributed by atoms with Gasteiger partial charge in [0.25, 0.3) is 0 Å². The van der Waals surface area contributed by atoms with Gasteiger partial charge in [-0.3, -0.25) is 4.79 Å². The van der Waals surface area contributed by atoms with Crippen LogP contribution in [0.5, 0.6) is 11.5 Å². The minimum absolute atomic E-state index is 0.248. The standard InChI is InChI=1S/C34H30N4O4/c1-23-32-27(19-31(39)40)36-38(28(32)20-29(41-2)33(23)42-3)30-21-37(22-35-30)34(24-13-7-4-8-14-24,25-15-9-5-10-16-25)26-17-11-6-12-18-26/h4-18,20-22H,19H2,1-3H3,(H,39,40). The summed E-state index contributed by atoms with van der Waals surface area (Å²) in [6.07, 6.45) is 3.51. The molecule has 210 valence electrons. The number of ether oxygens (including phenoxy) is 2. The van der Waals surface area contributed by atoms with Crippen LogP contribution in [0.15, 0.2) is 110 Å². The zero-order valence-corrected chi connectivity index (χ0v) is 23.6. The van der Waals surface area contributed by atoms with Crippen molar-refractivity contribution >= 4 is 16.9 Å². The fourth-order valence-corrected chi connectivity index (χ4v) is 5.95. The fourth-order valence-electron chi connectivity index (χ4n) is 5.95. The first-order chi connectivity index (χ1) is 20.5. The molecule has 0 saturated carbocycles. The van der Waals surface area contributed by atoms with Gasteiger partial charge in [-0.2, -0.15) is 5.10 Å². The number of nitrogens with zero attached hydrogens (tertiary/aromatic N) is 4. The number of hydrogen-bond donors (Lipinski definition) is 1. The number of benzene rings is 4. The second kappa shape index (κ2) is 10.9. The molecular weight excluding hydrogens is 528 g/mol. The van der Waals surface area contributed by atoms with Gasteiger partial charge in [-0.05, 0) is 23.6 Å². The van der Waals surface area contributed by atoms with Gasteiger partial charge >= 0.3 is 5.97 Å². The molecule has 0 fully saturated rings. The Morgan fingerprint density at radius 2 is 1.40 bits per heavy atom. The van der Waals surface area contributed by atoms with Crippen LogP contribution in [-0.4, -0.2) is 44.6 Å². The second-order valence-electron chi connectivity index (χ2n) is 10.0. The van der Waals surface area contributed by atoms with E-state index < -0.39 is 11.5 Å². The smallest absolute Gasteiger partial charge is 0.309 e. The Hall–Kier alpha value is -5.37. The molecule has 0 atom stereocenters. The van der Waals surface area contributed by atoms with Crippen molar-refractivity contribution in [2.24, 2.45) is 0 Å². The molecule has 6 rings (SSSR count). The lowest BCUT2D eigenvalue weighted by atomic mass is 9.77. The van der Waals surface area contributed by atoms with Gasteiger partial charge in [-0.15, -0.1) is 0 Å². The normalized spacial score (nSPS) is 11.5. The molecule has 0 bridgehead atoms.